The number of carboxylic acid groups (broad SMARTS) is 1. The first-order valence-electron chi connectivity index (χ1n) is 6.60. The molecule has 0 radical (unpaired) electrons. The van der Waals surface area contributed by atoms with E-state index in [2.05, 4.69) is 25.8 Å². The van der Waals surface area contributed by atoms with Crippen molar-refractivity contribution in [3.63, 3.8) is 0 Å². The highest BCUT2D eigenvalue weighted by Gasteiger charge is 2.29. The second-order valence-electron chi connectivity index (χ2n) is 5.89. The molecule has 4 nitrogen and oxygen atoms in total. The standard InChI is InChI=1S/C15H19NO3S2/c1-15(2,3)13(19-4)14-16-10(8-20-14)11-6-5-9(21-11)7-12(17)18/h5-6,8,13H,7H2,1-4H3,(H,17,18). The summed E-state index contributed by atoms with van der Waals surface area (Å²) in [7, 11) is 1.70. The molecule has 0 aliphatic rings. The van der Waals surface area contributed by atoms with Crippen LogP contribution in [0.1, 0.15) is 36.8 Å². The number of thiazole rings is 1. The SMILES string of the molecule is COC(c1nc(-c2ccc(CC(=O)O)s2)cs1)C(C)(C)C. The van der Waals surface area contributed by atoms with Crippen molar-refractivity contribution in [1.82, 2.24) is 4.98 Å². The van der Waals surface area contributed by atoms with Gasteiger partial charge in [-0.2, -0.15) is 0 Å². The predicted molar refractivity (Wildman–Crippen MR) is 86.0 cm³/mol. The molecule has 1 unspecified atom stereocenters. The molecule has 2 heterocycles. The van der Waals surface area contributed by atoms with E-state index in [0.29, 0.717) is 0 Å². The average molecular weight is 325 g/mol. The molecule has 21 heavy (non-hydrogen) atoms. The number of nitrogens with zero attached hydrogens (tertiary/aromatic N) is 1. The van der Waals surface area contributed by atoms with Crippen molar-refractivity contribution in [2.75, 3.05) is 7.11 Å². The molecule has 0 saturated carbocycles. The van der Waals surface area contributed by atoms with E-state index in [4.69, 9.17) is 9.84 Å². The lowest BCUT2D eigenvalue weighted by atomic mass is 9.89. The number of aliphatic carboxylic acids is 1. The summed E-state index contributed by atoms with van der Waals surface area (Å²) in [6, 6.07) is 3.78. The first kappa shape index (κ1) is 16.1. The maximum atomic E-state index is 10.7. The lowest BCUT2D eigenvalue weighted by molar-refractivity contribution is -0.136. The molecule has 0 bridgehead atoms. The monoisotopic (exact) mass is 325 g/mol. The molecule has 2 aromatic rings. The third-order valence-electron chi connectivity index (χ3n) is 3.01. The van der Waals surface area contributed by atoms with E-state index in [9.17, 15) is 4.79 Å². The number of ether oxygens (including phenoxy) is 1. The Morgan fingerprint density at radius 1 is 1.43 bits per heavy atom. The highest BCUT2D eigenvalue weighted by atomic mass is 32.1. The summed E-state index contributed by atoms with van der Waals surface area (Å²) in [5, 5.41) is 11.8. The van der Waals surface area contributed by atoms with Crippen LogP contribution in [0.4, 0.5) is 0 Å². The zero-order chi connectivity index (χ0) is 15.6. The number of hydrogen-bond donors (Lipinski definition) is 1. The number of thiophene rings is 1. The summed E-state index contributed by atoms with van der Waals surface area (Å²) in [4.78, 5) is 17.2. The van der Waals surface area contributed by atoms with Gasteiger partial charge < -0.3 is 9.84 Å². The highest BCUT2D eigenvalue weighted by molar-refractivity contribution is 7.16. The van der Waals surface area contributed by atoms with E-state index in [1.807, 2.05) is 17.5 Å². The number of carbonyl (C=O) groups is 1. The van der Waals surface area contributed by atoms with Gasteiger partial charge in [0.1, 0.15) is 11.1 Å². The van der Waals surface area contributed by atoms with Crippen molar-refractivity contribution in [1.29, 1.82) is 0 Å². The van der Waals surface area contributed by atoms with Gasteiger partial charge in [0.15, 0.2) is 0 Å². The molecule has 0 aliphatic heterocycles. The molecule has 0 amide bonds. The Morgan fingerprint density at radius 2 is 2.14 bits per heavy atom. The van der Waals surface area contributed by atoms with E-state index in [0.717, 1.165) is 20.5 Å². The fourth-order valence-electron chi connectivity index (χ4n) is 2.11. The minimum absolute atomic E-state index is 0.0200. The highest BCUT2D eigenvalue weighted by Crippen LogP contribution is 2.39. The Labute approximate surface area is 132 Å². The van der Waals surface area contributed by atoms with Gasteiger partial charge in [0.05, 0.1) is 17.0 Å². The van der Waals surface area contributed by atoms with Crippen molar-refractivity contribution < 1.29 is 14.6 Å². The van der Waals surface area contributed by atoms with E-state index < -0.39 is 5.97 Å². The molecule has 1 N–H and O–H groups in total. The molecule has 0 aliphatic carbocycles. The molecular formula is C15H19NO3S2. The predicted octanol–water partition coefficient (Wildman–Crippen LogP) is 4.23. The van der Waals surface area contributed by atoms with Crippen molar-refractivity contribution >= 4 is 28.6 Å². The van der Waals surface area contributed by atoms with Crippen molar-refractivity contribution in [2.24, 2.45) is 5.41 Å². The molecule has 114 valence electrons. The maximum Gasteiger partial charge on any atom is 0.308 e. The van der Waals surface area contributed by atoms with Crippen molar-refractivity contribution in [3.8, 4) is 10.6 Å². The summed E-state index contributed by atoms with van der Waals surface area (Å²) in [6.07, 6.45) is 0.0133. The van der Waals surface area contributed by atoms with Crippen LogP contribution >= 0.6 is 22.7 Å². The number of rotatable bonds is 5. The molecule has 1 atom stereocenters. The summed E-state index contributed by atoms with van der Waals surface area (Å²) in [6.45, 7) is 6.37. The largest absolute Gasteiger partial charge is 0.481 e. The van der Waals surface area contributed by atoms with Gasteiger partial charge in [-0.3, -0.25) is 4.79 Å². The zero-order valence-electron chi connectivity index (χ0n) is 12.5. The van der Waals surface area contributed by atoms with Crippen LogP contribution < -0.4 is 0 Å². The van der Waals surface area contributed by atoms with Gasteiger partial charge in [0, 0.05) is 17.4 Å². The lowest BCUT2D eigenvalue weighted by Crippen LogP contribution is -2.19. The smallest absolute Gasteiger partial charge is 0.308 e. The number of carboxylic acids is 1. The summed E-state index contributed by atoms with van der Waals surface area (Å²) >= 11 is 3.06. The Hall–Kier alpha value is -1.24. The van der Waals surface area contributed by atoms with Crippen LogP contribution in [0, 0.1) is 5.41 Å². The quantitative estimate of drug-likeness (QED) is 0.893. The molecule has 0 saturated heterocycles. The Balaban J connectivity index is 2.23. The third-order valence-corrected chi connectivity index (χ3v) is 5.00. The van der Waals surface area contributed by atoms with Gasteiger partial charge in [0.2, 0.25) is 0 Å². The number of hydrogen-bond acceptors (Lipinski definition) is 5. The second-order valence-corrected chi connectivity index (χ2v) is 7.95. The summed E-state index contributed by atoms with van der Waals surface area (Å²) < 4.78 is 5.58. The number of methoxy groups -OCH3 is 1. The number of aromatic nitrogens is 1. The van der Waals surface area contributed by atoms with Crippen LogP contribution in [0.2, 0.25) is 0 Å². The second kappa shape index (κ2) is 6.25. The maximum absolute atomic E-state index is 10.7. The van der Waals surface area contributed by atoms with Crippen LogP contribution in [0.3, 0.4) is 0 Å². The van der Waals surface area contributed by atoms with Gasteiger partial charge in [-0.25, -0.2) is 4.98 Å². The van der Waals surface area contributed by atoms with Gasteiger partial charge >= 0.3 is 5.97 Å². The fourth-order valence-corrected chi connectivity index (χ4v) is 4.28. The minimum Gasteiger partial charge on any atom is -0.481 e. The molecule has 0 aromatic carbocycles. The van der Waals surface area contributed by atoms with Crippen molar-refractivity contribution in [2.45, 2.75) is 33.3 Å². The molecule has 0 spiro atoms. The van der Waals surface area contributed by atoms with Crippen LogP contribution in [0.25, 0.3) is 10.6 Å². The zero-order valence-corrected chi connectivity index (χ0v) is 14.2. The summed E-state index contributed by atoms with van der Waals surface area (Å²) in [5.41, 5.74) is 0.872. The Kier molecular flexibility index (Phi) is 4.81. The van der Waals surface area contributed by atoms with E-state index >= 15 is 0 Å². The van der Waals surface area contributed by atoms with Gasteiger partial charge in [0.25, 0.3) is 0 Å². The normalized spacial score (nSPS) is 13.3. The molecule has 6 heteroatoms. The van der Waals surface area contributed by atoms with Crippen LogP contribution in [-0.2, 0) is 16.0 Å². The molecular weight excluding hydrogens is 306 g/mol. The third kappa shape index (κ3) is 3.90. The van der Waals surface area contributed by atoms with Gasteiger partial charge in [-0.1, -0.05) is 20.8 Å². The van der Waals surface area contributed by atoms with E-state index in [-0.39, 0.29) is 17.9 Å². The first-order chi connectivity index (χ1) is 9.81. The Morgan fingerprint density at radius 3 is 2.71 bits per heavy atom. The lowest BCUT2D eigenvalue weighted by Gasteiger charge is -2.27. The van der Waals surface area contributed by atoms with Crippen molar-refractivity contribution in [3.05, 3.63) is 27.4 Å². The van der Waals surface area contributed by atoms with E-state index in [1.54, 1.807) is 18.4 Å². The summed E-state index contributed by atoms with van der Waals surface area (Å²) in [5.74, 6) is -0.811. The van der Waals surface area contributed by atoms with Crippen LogP contribution in [-0.4, -0.2) is 23.2 Å². The minimum atomic E-state index is -0.811. The van der Waals surface area contributed by atoms with Crippen LogP contribution in [0.5, 0.6) is 0 Å². The fraction of sp³-hybridized carbons (Fsp3) is 0.467. The Bertz CT molecular complexity index is 625. The molecule has 2 aromatic heterocycles. The first-order valence-corrected chi connectivity index (χ1v) is 8.30. The molecule has 0 fully saturated rings. The topological polar surface area (TPSA) is 59.4 Å². The van der Waals surface area contributed by atoms with Gasteiger partial charge in [-0.15, -0.1) is 22.7 Å². The van der Waals surface area contributed by atoms with Crippen LogP contribution in [0.15, 0.2) is 17.5 Å². The van der Waals surface area contributed by atoms with E-state index in [1.165, 1.54) is 11.3 Å². The average Bonchev–Trinajstić information content (AvgIpc) is 2.96. The molecule has 2 rings (SSSR count). The van der Waals surface area contributed by atoms with Gasteiger partial charge in [-0.05, 0) is 17.5 Å².